The van der Waals surface area contributed by atoms with E-state index < -0.39 is 6.23 Å². The minimum Gasteiger partial charge on any atom is -0.443 e. The van der Waals surface area contributed by atoms with Crippen LogP contribution in [0.15, 0.2) is 11.1 Å². The Labute approximate surface area is 92.7 Å². The van der Waals surface area contributed by atoms with Crippen molar-refractivity contribution >= 4 is 5.97 Å². The molecule has 0 heterocycles. The highest BCUT2D eigenvalue weighted by Gasteiger charge is 2.13. The van der Waals surface area contributed by atoms with Crippen LogP contribution in [0, 0.1) is 0 Å². The zero-order valence-corrected chi connectivity index (χ0v) is 10.3. The second-order valence-electron chi connectivity index (χ2n) is 3.67. The zero-order valence-electron chi connectivity index (χ0n) is 10.3. The highest BCUT2D eigenvalue weighted by molar-refractivity contribution is 5.88. The molecule has 1 unspecified atom stereocenters. The lowest BCUT2D eigenvalue weighted by Gasteiger charge is -2.14. The number of ether oxygens (including phenoxy) is 1. The van der Waals surface area contributed by atoms with Crippen LogP contribution in [0.25, 0.3) is 0 Å². The molecule has 3 nitrogen and oxygen atoms in total. The maximum atomic E-state index is 11.6. The fourth-order valence-corrected chi connectivity index (χ4v) is 1.49. The Kier molecular flexibility index (Phi) is 7.05. The Bertz CT molecular complexity index is 228. The summed E-state index contributed by atoms with van der Waals surface area (Å²) >= 11 is 0. The van der Waals surface area contributed by atoms with Gasteiger partial charge in [-0.3, -0.25) is 5.73 Å². The highest BCUT2D eigenvalue weighted by atomic mass is 16.6. The molecule has 1 atom stereocenters. The van der Waals surface area contributed by atoms with Crippen LogP contribution in [0.1, 0.15) is 53.4 Å². The molecule has 88 valence electrons. The van der Waals surface area contributed by atoms with Crippen molar-refractivity contribution in [3.63, 3.8) is 0 Å². The molecule has 0 rings (SSSR count). The second-order valence-corrected chi connectivity index (χ2v) is 3.67. The third kappa shape index (κ3) is 4.98. The van der Waals surface area contributed by atoms with Gasteiger partial charge in [-0.15, -0.1) is 0 Å². The van der Waals surface area contributed by atoms with E-state index in [4.69, 9.17) is 10.5 Å². The maximum Gasteiger partial charge on any atom is 0.335 e. The molecule has 3 heteroatoms. The molecule has 0 aliphatic carbocycles. The number of hydrogen-bond acceptors (Lipinski definition) is 3. The van der Waals surface area contributed by atoms with Crippen LogP contribution in [0.4, 0.5) is 0 Å². The van der Waals surface area contributed by atoms with Crippen LogP contribution >= 0.6 is 0 Å². The summed E-state index contributed by atoms with van der Waals surface area (Å²) in [6.45, 7) is 7.91. The Morgan fingerprint density at radius 1 is 1.27 bits per heavy atom. The fraction of sp³-hybridized carbons (Fsp3) is 0.750. The van der Waals surface area contributed by atoms with Crippen LogP contribution < -0.4 is 5.73 Å². The molecule has 0 bridgehead atoms. The van der Waals surface area contributed by atoms with Crippen LogP contribution in [0.5, 0.6) is 0 Å². The van der Waals surface area contributed by atoms with Crippen molar-refractivity contribution in [2.75, 3.05) is 0 Å². The fourth-order valence-electron chi connectivity index (χ4n) is 1.49. The molecule has 0 aliphatic rings. The number of esters is 1. The van der Waals surface area contributed by atoms with E-state index in [9.17, 15) is 4.79 Å². The molecule has 0 saturated heterocycles. The van der Waals surface area contributed by atoms with Crippen molar-refractivity contribution < 1.29 is 9.53 Å². The van der Waals surface area contributed by atoms with Crippen LogP contribution in [0.3, 0.4) is 0 Å². The van der Waals surface area contributed by atoms with E-state index in [1.807, 2.05) is 27.7 Å². The van der Waals surface area contributed by atoms with Gasteiger partial charge in [-0.05, 0) is 26.2 Å². The Balaban J connectivity index is 4.37. The summed E-state index contributed by atoms with van der Waals surface area (Å²) in [7, 11) is 0. The summed E-state index contributed by atoms with van der Waals surface area (Å²) in [4.78, 5) is 11.6. The quantitative estimate of drug-likeness (QED) is 0.419. The van der Waals surface area contributed by atoms with Gasteiger partial charge in [0.15, 0.2) is 6.23 Å². The second kappa shape index (κ2) is 7.46. The maximum absolute atomic E-state index is 11.6. The largest absolute Gasteiger partial charge is 0.443 e. The van der Waals surface area contributed by atoms with Crippen LogP contribution in [-0.2, 0) is 9.53 Å². The molecule has 2 N–H and O–H groups in total. The molecule has 0 radical (unpaired) electrons. The lowest BCUT2D eigenvalue weighted by molar-refractivity contribution is -0.144. The Morgan fingerprint density at radius 3 is 2.20 bits per heavy atom. The molecule has 0 amide bonds. The summed E-state index contributed by atoms with van der Waals surface area (Å²) in [5.74, 6) is -0.269. The van der Waals surface area contributed by atoms with E-state index in [-0.39, 0.29) is 5.97 Å². The Hall–Kier alpha value is -0.830. The van der Waals surface area contributed by atoms with Gasteiger partial charge in [0.25, 0.3) is 0 Å². The highest BCUT2D eigenvalue weighted by Crippen LogP contribution is 2.14. The smallest absolute Gasteiger partial charge is 0.335 e. The van der Waals surface area contributed by atoms with Gasteiger partial charge in [0.1, 0.15) is 0 Å². The number of hydrogen-bond donors (Lipinski definition) is 1. The summed E-state index contributed by atoms with van der Waals surface area (Å²) < 4.78 is 5.12. The summed E-state index contributed by atoms with van der Waals surface area (Å²) in [6.07, 6.45) is 2.95. The lowest BCUT2D eigenvalue weighted by atomic mass is 10.1. The van der Waals surface area contributed by atoms with Crippen molar-refractivity contribution in [2.24, 2.45) is 5.73 Å². The molecular weight excluding hydrogens is 190 g/mol. The van der Waals surface area contributed by atoms with E-state index >= 15 is 0 Å². The number of allylic oxidation sites excluding steroid dienone is 1. The average molecular weight is 213 g/mol. The molecule has 0 fully saturated rings. The first-order valence-electron chi connectivity index (χ1n) is 5.71. The first-order valence-corrected chi connectivity index (χ1v) is 5.71. The number of carbonyl (C=O) groups is 1. The van der Waals surface area contributed by atoms with Gasteiger partial charge in [-0.25, -0.2) is 4.79 Å². The summed E-state index contributed by atoms with van der Waals surface area (Å²) in [5, 5.41) is 0. The molecule has 0 aromatic heterocycles. The van der Waals surface area contributed by atoms with Gasteiger partial charge in [0.2, 0.25) is 0 Å². The van der Waals surface area contributed by atoms with Gasteiger partial charge in [0, 0.05) is 5.57 Å². The van der Waals surface area contributed by atoms with E-state index in [0.717, 1.165) is 24.8 Å². The monoisotopic (exact) mass is 213 g/mol. The normalized spacial score (nSPS) is 12.1. The minimum atomic E-state index is -0.465. The molecular formula is C12H23NO2. The van der Waals surface area contributed by atoms with E-state index in [1.165, 1.54) is 0 Å². The van der Waals surface area contributed by atoms with Gasteiger partial charge in [0.05, 0.1) is 0 Å². The SMILES string of the molecule is CCCC(N)OC(=O)C(C)=C(CC)CC. The van der Waals surface area contributed by atoms with Crippen molar-refractivity contribution in [2.45, 2.75) is 59.6 Å². The van der Waals surface area contributed by atoms with E-state index in [2.05, 4.69) is 0 Å². The van der Waals surface area contributed by atoms with E-state index in [0.29, 0.717) is 12.0 Å². The van der Waals surface area contributed by atoms with Crippen LogP contribution in [0.2, 0.25) is 0 Å². The predicted octanol–water partition coefficient (Wildman–Crippen LogP) is 2.75. The number of carbonyl (C=O) groups excluding carboxylic acids is 1. The molecule has 0 aromatic rings. The number of nitrogens with two attached hydrogens (primary N) is 1. The first kappa shape index (κ1) is 14.2. The van der Waals surface area contributed by atoms with Crippen molar-refractivity contribution in [1.29, 1.82) is 0 Å². The van der Waals surface area contributed by atoms with Crippen molar-refractivity contribution in [3.05, 3.63) is 11.1 Å². The Morgan fingerprint density at radius 2 is 1.80 bits per heavy atom. The molecule has 0 aliphatic heterocycles. The third-order valence-electron chi connectivity index (χ3n) is 2.52. The average Bonchev–Trinajstić information content (AvgIpc) is 2.19. The van der Waals surface area contributed by atoms with Gasteiger partial charge in [-0.2, -0.15) is 0 Å². The lowest BCUT2D eigenvalue weighted by Crippen LogP contribution is -2.27. The zero-order chi connectivity index (χ0) is 11.8. The minimum absolute atomic E-state index is 0.269. The first-order chi connectivity index (χ1) is 7.06. The predicted molar refractivity (Wildman–Crippen MR) is 62.3 cm³/mol. The van der Waals surface area contributed by atoms with Gasteiger partial charge >= 0.3 is 5.97 Å². The van der Waals surface area contributed by atoms with Gasteiger partial charge < -0.3 is 4.74 Å². The molecule has 0 saturated carbocycles. The molecule has 15 heavy (non-hydrogen) atoms. The van der Waals surface area contributed by atoms with Crippen molar-refractivity contribution in [3.8, 4) is 0 Å². The summed E-state index contributed by atoms with van der Waals surface area (Å²) in [6, 6.07) is 0. The third-order valence-corrected chi connectivity index (χ3v) is 2.52. The van der Waals surface area contributed by atoms with Crippen molar-refractivity contribution in [1.82, 2.24) is 0 Å². The standard InChI is InChI=1S/C12H23NO2/c1-5-8-11(13)15-12(14)9(4)10(6-2)7-3/h11H,5-8,13H2,1-4H3. The molecule has 0 aromatic carbocycles. The summed E-state index contributed by atoms with van der Waals surface area (Å²) in [5.41, 5.74) is 7.50. The van der Waals surface area contributed by atoms with Crippen LogP contribution in [-0.4, -0.2) is 12.2 Å². The number of rotatable bonds is 6. The topological polar surface area (TPSA) is 52.3 Å². The molecule has 0 spiro atoms. The van der Waals surface area contributed by atoms with E-state index in [1.54, 1.807) is 0 Å². The van der Waals surface area contributed by atoms with Gasteiger partial charge in [-0.1, -0.05) is 32.8 Å².